The number of nitrogens with one attached hydrogen (secondary N) is 4. The molecule has 3 heterocycles. The maximum atomic E-state index is 13.1. The molecule has 6 aromatic rings. The molecule has 0 saturated carbocycles. The lowest BCUT2D eigenvalue weighted by Gasteiger charge is -2.36. The molecule has 0 spiro atoms. The van der Waals surface area contributed by atoms with Crippen LogP contribution in [-0.4, -0.2) is 71.5 Å². The van der Waals surface area contributed by atoms with Gasteiger partial charge in [-0.1, -0.05) is 48.5 Å². The zero-order chi connectivity index (χ0) is 38.5. The number of aromatic nitrogens is 1. The highest BCUT2D eigenvalue weighted by atomic mass is 32.1. The quantitative estimate of drug-likeness (QED) is 0.0717. The number of nitrogens with zero attached hydrogens (tertiary/aromatic N) is 1. The molecule has 7 rings (SSSR count). The first-order valence-electron chi connectivity index (χ1n) is 18.5. The number of quaternary nitrogens is 1. The molecule has 1 saturated heterocycles. The van der Waals surface area contributed by atoms with Crippen molar-refractivity contribution in [2.75, 3.05) is 44.4 Å². The minimum absolute atomic E-state index is 0.0495. The maximum absolute atomic E-state index is 13.1. The summed E-state index contributed by atoms with van der Waals surface area (Å²) in [6, 6.07) is 29.8. The van der Waals surface area contributed by atoms with Crippen molar-refractivity contribution in [2.24, 2.45) is 0 Å². The molecule has 1 aliphatic rings. The van der Waals surface area contributed by atoms with Crippen LogP contribution in [0.15, 0.2) is 102 Å². The van der Waals surface area contributed by atoms with Crippen LogP contribution >= 0.6 is 11.3 Å². The molecule has 1 fully saturated rings. The van der Waals surface area contributed by atoms with Gasteiger partial charge in [-0.2, -0.15) is 0 Å². The molecular formula is C43H46N5O6S+. The minimum Gasteiger partial charge on any atom is -0.506 e. The van der Waals surface area contributed by atoms with Gasteiger partial charge in [-0.3, -0.25) is 14.9 Å². The summed E-state index contributed by atoms with van der Waals surface area (Å²) in [5.41, 5.74) is 4.71. The van der Waals surface area contributed by atoms with Crippen molar-refractivity contribution < 1.29 is 29.0 Å². The van der Waals surface area contributed by atoms with Gasteiger partial charge in [0.15, 0.2) is 0 Å². The number of aromatic hydroxyl groups is 1. The summed E-state index contributed by atoms with van der Waals surface area (Å²) in [7, 11) is 4.39. The van der Waals surface area contributed by atoms with Gasteiger partial charge in [0.05, 0.1) is 44.5 Å². The molecule has 0 unspecified atom stereocenters. The number of H-pyrrole nitrogens is 1. The first-order valence-corrected chi connectivity index (χ1v) is 19.4. The largest absolute Gasteiger partial charge is 0.506 e. The number of benzene rings is 4. The van der Waals surface area contributed by atoms with Gasteiger partial charge in [-0.15, -0.1) is 11.3 Å². The molecule has 4 aromatic carbocycles. The fourth-order valence-corrected chi connectivity index (χ4v) is 8.12. The number of thiophene rings is 1. The number of ether oxygens (including phenoxy) is 1. The molecule has 0 bridgehead atoms. The molecule has 2 aromatic heterocycles. The second kappa shape index (κ2) is 16.5. The van der Waals surface area contributed by atoms with Gasteiger partial charge in [0.25, 0.3) is 0 Å². The van der Waals surface area contributed by atoms with Crippen LogP contribution < -0.4 is 21.5 Å². The second-order valence-electron chi connectivity index (χ2n) is 14.8. The molecule has 12 heteroatoms. The van der Waals surface area contributed by atoms with Crippen LogP contribution in [0.4, 0.5) is 16.2 Å². The number of carbonyl (C=O) groups excluding carboxylic acids is 2. The van der Waals surface area contributed by atoms with Crippen LogP contribution in [0.3, 0.4) is 0 Å². The number of aromatic amines is 1. The highest BCUT2D eigenvalue weighted by Crippen LogP contribution is 2.32. The number of amides is 2. The van der Waals surface area contributed by atoms with Crippen molar-refractivity contribution in [1.29, 1.82) is 0 Å². The van der Waals surface area contributed by atoms with Crippen LogP contribution in [-0.2, 0) is 22.5 Å². The van der Waals surface area contributed by atoms with Gasteiger partial charge >= 0.3 is 6.09 Å². The zero-order valence-electron chi connectivity index (χ0n) is 30.9. The van der Waals surface area contributed by atoms with Crippen LogP contribution in [0.25, 0.3) is 32.1 Å². The Hall–Kier alpha value is -5.53. The van der Waals surface area contributed by atoms with E-state index in [9.17, 15) is 24.6 Å². The van der Waals surface area contributed by atoms with Gasteiger partial charge in [-0.05, 0) is 71.0 Å². The van der Waals surface area contributed by atoms with E-state index in [2.05, 4.69) is 41.1 Å². The number of likely N-dealkylation sites (tertiary alicyclic amines) is 1. The number of anilines is 2. The normalized spacial score (nSPS) is 14.8. The Kier molecular flexibility index (Phi) is 11.3. The topological polar surface area (TPSA) is 153 Å². The number of aryl methyl sites for hydroxylation is 1. The van der Waals surface area contributed by atoms with Gasteiger partial charge in [0, 0.05) is 64.6 Å². The van der Waals surface area contributed by atoms with Gasteiger partial charge in [0.2, 0.25) is 11.5 Å². The lowest BCUT2D eigenvalue weighted by Crippen LogP contribution is -2.48. The summed E-state index contributed by atoms with van der Waals surface area (Å²) in [6.45, 7) is 2.72. The van der Waals surface area contributed by atoms with E-state index in [1.54, 1.807) is 23.5 Å². The average molecular weight is 761 g/mol. The Balaban J connectivity index is 0.942. The Bertz CT molecular complexity index is 2380. The monoisotopic (exact) mass is 760 g/mol. The van der Waals surface area contributed by atoms with Crippen molar-refractivity contribution in [3.05, 3.63) is 123 Å². The lowest BCUT2D eigenvalue weighted by atomic mass is 9.99. The number of carbonyl (C=O) groups is 2. The Labute approximate surface area is 323 Å². The van der Waals surface area contributed by atoms with Gasteiger partial charge in [-0.25, -0.2) is 4.79 Å². The van der Waals surface area contributed by atoms with Gasteiger partial charge < -0.3 is 35.1 Å². The number of phenolic OH excluding ortho intramolecular Hbond substituents is 1. The molecule has 1 atom stereocenters. The summed E-state index contributed by atoms with van der Waals surface area (Å²) >= 11 is 1.63. The van der Waals surface area contributed by atoms with Crippen LogP contribution in [0.5, 0.6) is 5.75 Å². The smallest absolute Gasteiger partial charge is 0.411 e. The third kappa shape index (κ3) is 9.41. The molecule has 6 N–H and O–H groups in total. The number of pyridine rings is 1. The predicted octanol–water partition coefficient (Wildman–Crippen LogP) is 7.30. The zero-order valence-corrected chi connectivity index (χ0v) is 31.7. The van der Waals surface area contributed by atoms with Crippen molar-refractivity contribution in [3.8, 4) is 16.9 Å². The van der Waals surface area contributed by atoms with E-state index < -0.39 is 12.2 Å². The molecule has 0 aliphatic carbocycles. The number of hydrogen-bond acceptors (Lipinski definition) is 8. The highest BCUT2D eigenvalue weighted by molar-refractivity contribution is 7.19. The number of fused-ring (bicyclic) bond motifs is 2. The Morgan fingerprint density at radius 2 is 1.75 bits per heavy atom. The summed E-state index contributed by atoms with van der Waals surface area (Å²) < 4.78 is 7.83. The van der Waals surface area contributed by atoms with E-state index in [1.807, 2.05) is 66.7 Å². The fraction of sp³-hybridized carbons (Fsp3) is 0.279. The standard InChI is InChI=1S/C43H45N5O6S/c1-48(2)20-18-31(19-21-48)54-43(53)46-36-22-27(8-11-33(36)28-6-4-3-5-7-28)9-16-40(51)45-30-10-15-39-29(23-30)24-32(55-39)25-44-26-38(50)34-12-14-37(49)42-35(34)13-17-41(52)47-42/h3-8,10-15,17,22-24,31,38,44,50H,9,16,18-21,25-26H2,1-2H3,(H3-,45,46,47,49,51,52,53)/p+1/t38-/m1/s1. The first-order chi connectivity index (χ1) is 26.5. The van der Waals surface area contributed by atoms with E-state index in [0.717, 1.165) is 62.1 Å². The van der Waals surface area contributed by atoms with Crippen molar-refractivity contribution in [1.82, 2.24) is 10.3 Å². The second-order valence-corrected chi connectivity index (χ2v) is 16.0. The maximum Gasteiger partial charge on any atom is 0.411 e. The minimum atomic E-state index is -0.856. The van der Waals surface area contributed by atoms with Crippen LogP contribution in [0, 0.1) is 0 Å². The number of piperidine rings is 1. The van der Waals surface area contributed by atoms with E-state index in [0.29, 0.717) is 40.8 Å². The van der Waals surface area contributed by atoms with Crippen molar-refractivity contribution >= 4 is 55.7 Å². The molecule has 55 heavy (non-hydrogen) atoms. The van der Waals surface area contributed by atoms with E-state index >= 15 is 0 Å². The Morgan fingerprint density at radius 3 is 2.55 bits per heavy atom. The van der Waals surface area contributed by atoms with E-state index in [-0.39, 0.29) is 36.3 Å². The molecular weight excluding hydrogens is 715 g/mol. The van der Waals surface area contributed by atoms with Crippen LogP contribution in [0.2, 0.25) is 0 Å². The summed E-state index contributed by atoms with van der Waals surface area (Å²) in [6.07, 6.45) is 0.977. The summed E-state index contributed by atoms with van der Waals surface area (Å²) in [5, 5.41) is 32.0. The third-order valence-electron chi connectivity index (χ3n) is 10.2. The SMILES string of the molecule is C[N+]1(C)CCC(OC(=O)Nc2cc(CCC(=O)Nc3ccc4sc(CNC[C@@H](O)c5ccc(O)c6[nH]c(=O)ccc56)cc4c3)ccc2-c2ccccc2)CC1. The first kappa shape index (κ1) is 37.8. The summed E-state index contributed by atoms with van der Waals surface area (Å²) in [5.74, 6) is -0.164. The lowest BCUT2D eigenvalue weighted by molar-refractivity contribution is -0.896. The number of rotatable bonds is 12. The number of hydrogen-bond donors (Lipinski definition) is 6. The average Bonchev–Trinajstić information content (AvgIpc) is 3.57. The van der Waals surface area contributed by atoms with Crippen LogP contribution in [0.1, 0.15) is 41.4 Å². The number of phenols is 1. The van der Waals surface area contributed by atoms with Crippen molar-refractivity contribution in [3.63, 3.8) is 0 Å². The van der Waals surface area contributed by atoms with E-state index in [1.165, 1.54) is 12.1 Å². The highest BCUT2D eigenvalue weighted by Gasteiger charge is 2.28. The predicted molar refractivity (Wildman–Crippen MR) is 219 cm³/mol. The molecule has 2 amide bonds. The fourth-order valence-electron chi connectivity index (χ4n) is 7.11. The Morgan fingerprint density at radius 1 is 0.945 bits per heavy atom. The number of aliphatic hydroxyl groups is 1. The molecule has 284 valence electrons. The third-order valence-corrected chi connectivity index (χ3v) is 11.3. The van der Waals surface area contributed by atoms with Crippen molar-refractivity contribution in [2.45, 2.75) is 44.4 Å². The number of aliphatic hydroxyl groups excluding tert-OH is 1. The summed E-state index contributed by atoms with van der Waals surface area (Å²) in [4.78, 5) is 41.6. The van der Waals surface area contributed by atoms with Gasteiger partial charge in [0.1, 0.15) is 11.9 Å². The molecule has 1 aliphatic heterocycles. The van der Waals surface area contributed by atoms with E-state index in [4.69, 9.17) is 4.74 Å². The molecule has 11 nitrogen and oxygen atoms in total. The molecule has 0 radical (unpaired) electrons.